The molecule has 0 atom stereocenters. The number of ether oxygens (including phenoxy) is 2. The van der Waals surface area contributed by atoms with Crippen LogP contribution in [0.1, 0.15) is 0 Å². The molecule has 0 aromatic heterocycles. The third-order valence-corrected chi connectivity index (χ3v) is 2.03. The molecule has 0 spiro atoms. The molecule has 0 saturated carbocycles. The first-order valence-electron chi connectivity index (χ1n) is 5.50. The number of rotatable bonds is 8. The van der Waals surface area contributed by atoms with Crippen LogP contribution in [0.15, 0.2) is 12.2 Å². The van der Waals surface area contributed by atoms with Crippen molar-refractivity contribution in [1.82, 2.24) is 10.2 Å². The van der Waals surface area contributed by atoms with Gasteiger partial charge in [-0.3, -0.25) is 10.1 Å². The van der Waals surface area contributed by atoms with E-state index in [2.05, 4.69) is 0 Å². The average Bonchev–Trinajstić information content (AvgIpc) is 2.36. The number of hydrogen-bond donors (Lipinski definition) is 2. The molecule has 0 aliphatic heterocycles. The predicted octanol–water partition coefficient (Wildman–Crippen LogP) is -0.542. The zero-order chi connectivity index (χ0) is 14.7. The van der Waals surface area contributed by atoms with E-state index in [1.807, 2.05) is 5.32 Å². The summed E-state index contributed by atoms with van der Waals surface area (Å²) in [6, 6.07) is -0.630. The number of imide groups is 1. The molecule has 0 unspecified atom stereocenters. The molecule has 3 amide bonds. The number of amides is 3. The van der Waals surface area contributed by atoms with Crippen LogP contribution in [-0.4, -0.2) is 68.4 Å². The number of nitrogens with zero attached hydrogens (tertiary/aromatic N) is 1. The monoisotopic (exact) mass is 274 g/mol. The minimum absolute atomic E-state index is 0.293. The van der Waals surface area contributed by atoms with Gasteiger partial charge in [-0.1, -0.05) is 0 Å². The number of hydrogen-bond acceptors (Lipinski definition) is 5. The second-order valence-corrected chi connectivity index (χ2v) is 3.44. The van der Waals surface area contributed by atoms with E-state index in [9.17, 15) is 14.4 Å². The van der Waals surface area contributed by atoms with E-state index in [1.165, 1.54) is 19.1 Å². The number of urea groups is 1. The van der Waals surface area contributed by atoms with E-state index in [1.54, 1.807) is 0 Å². The van der Waals surface area contributed by atoms with Gasteiger partial charge in [-0.15, -0.1) is 0 Å². The smallest absolute Gasteiger partial charge is 0.328 e. The van der Waals surface area contributed by atoms with E-state index in [0.29, 0.717) is 32.4 Å². The summed E-state index contributed by atoms with van der Waals surface area (Å²) in [5.74, 6) is -2.06. The molecule has 0 rings (SSSR count). The van der Waals surface area contributed by atoms with E-state index in [-0.39, 0.29) is 0 Å². The molecule has 2 N–H and O–H groups in total. The Hall–Kier alpha value is -1.93. The fourth-order valence-corrected chi connectivity index (χ4v) is 1.09. The summed E-state index contributed by atoms with van der Waals surface area (Å²) < 4.78 is 9.69. The second-order valence-electron chi connectivity index (χ2n) is 3.44. The number of aliphatic carboxylic acids is 1. The summed E-state index contributed by atoms with van der Waals surface area (Å²) in [6.07, 6.45) is 1.42. The number of carbonyl (C=O) groups is 3. The van der Waals surface area contributed by atoms with Crippen molar-refractivity contribution in [1.29, 1.82) is 0 Å². The molecule has 0 heterocycles. The van der Waals surface area contributed by atoms with Crippen LogP contribution in [-0.2, 0) is 19.1 Å². The lowest BCUT2D eigenvalue weighted by atomic mass is 10.4. The van der Waals surface area contributed by atoms with Gasteiger partial charge in [0, 0.05) is 39.5 Å². The number of carbonyl (C=O) groups excluding carboxylic acids is 2. The van der Waals surface area contributed by atoms with Gasteiger partial charge in [-0.05, 0) is 0 Å². The third-order valence-electron chi connectivity index (χ3n) is 2.03. The van der Waals surface area contributed by atoms with Gasteiger partial charge in [-0.2, -0.15) is 0 Å². The molecule has 0 aromatic rings. The normalized spacial score (nSPS) is 10.4. The van der Waals surface area contributed by atoms with Gasteiger partial charge in [0.1, 0.15) is 0 Å². The Morgan fingerprint density at radius 3 is 2.05 bits per heavy atom. The summed E-state index contributed by atoms with van der Waals surface area (Å²) >= 11 is 0. The summed E-state index contributed by atoms with van der Waals surface area (Å²) in [7, 11) is 2.99. The van der Waals surface area contributed by atoms with E-state index in [0.717, 1.165) is 6.08 Å². The van der Waals surface area contributed by atoms with Crippen molar-refractivity contribution in [3.05, 3.63) is 12.2 Å². The van der Waals surface area contributed by atoms with Crippen molar-refractivity contribution in [2.45, 2.75) is 0 Å². The van der Waals surface area contributed by atoms with E-state index in [4.69, 9.17) is 14.6 Å². The van der Waals surface area contributed by atoms with Crippen LogP contribution in [0.5, 0.6) is 0 Å². The van der Waals surface area contributed by atoms with Gasteiger partial charge in [0.05, 0.1) is 13.2 Å². The van der Waals surface area contributed by atoms with Crippen molar-refractivity contribution in [2.24, 2.45) is 0 Å². The Balaban J connectivity index is 4.36. The molecular formula is C11H18N2O6. The van der Waals surface area contributed by atoms with Crippen molar-refractivity contribution in [3.8, 4) is 0 Å². The first-order chi connectivity index (χ1) is 9.01. The van der Waals surface area contributed by atoms with Crippen molar-refractivity contribution >= 4 is 17.9 Å². The fraction of sp³-hybridized carbons (Fsp3) is 0.545. The van der Waals surface area contributed by atoms with E-state index < -0.39 is 17.9 Å². The molecular weight excluding hydrogens is 256 g/mol. The highest BCUT2D eigenvalue weighted by Gasteiger charge is 2.14. The van der Waals surface area contributed by atoms with Crippen molar-refractivity contribution < 1.29 is 29.0 Å². The standard InChI is InChI=1S/C11H18N2O6/c1-18-7-5-13(6-8-19-2)11(17)12-9(14)3-4-10(15)16/h3-4H,5-8H2,1-2H3,(H,15,16)(H,12,14,17)/b4-3+. The maximum absolute atomic E-state index is 11.7. The van der Waals surface area contributed by atoms with Gasteiger partial charge in [0.25, 0.3) is 5.91 Å². The summed E-state index contributed by atoms with van der Waals surface area (Å²) in [5, 5.41) is 10.4. The topological polar surface area (TPSA) is 105 Å². The van der Waals surface area contributed by atoms with E-state index >= 15 is 0 Å². The van der Waals surface area contributed by atoms with Gasteiger partial charge < -0.3 is 19.5 Å². The molecule has 0 radical (unpaired) electrons. The van der Waals surface area contributed by atoms with Gasteiger partial charge in [0.2, 0.25) is 0 Å². The summed E-state index contributed by atoms with van der Waals surface area (Å²) in [5.41, 5.74) is 0. The molecule has 0 aliphatic rings. The predicted molar refractivity (Wildman–Crippen MR) is 65.6 cm³/mol. The number of carboxylic acid groups (broad SMARTS) is 1. The Morgan fingerprint density at radius 1 is 1.11 bits per heavy atom. The maximum atomic E-state index is 11.7. The van der Waals surface area contributed by atoms with Crippen LogP contribution < -0.4 is 5.32 Å². The molecule has 0 aromatic carbocycles. The lowest BCUT2D eigenvalue weighted by Crippen LogP contribution is -2.45. The van der Waals surface area contributed by atoms with Crippen LogP contribution in [0.2, 0.25) is 0 Å². The molecule has 19 heavy (non-hydrogen) atoms. The van der Waals surface area contributed by atoms with Crippen LogP contribution in [0.4, 0.5) is 4.79 Å². The highest BCUT2D eigenvalue weighted by Crippen LogP contribution is 1.91. The first-order valence-corrected chi connectivity index (χ1v) is 5.50. The summed E-state index contributed by atoms with van der Waals surface area (Å²) in [4.78, 5) is 34.5. The second kappa shape index (κ2) is 10.0. The zero-order valence-electron chi connectivity index (χ0n) is 10.9. The molecule has 0 fully saturated rings. The average molecular weight is 274 g/mol. The Morgan fingerprint density at radius 2 is 1.63 bits per heavy atom. The highest BCUT2D eigenvalue weighted by molar-refractivity contribution is 6.02. The quantitative estimate of drug-likeness (QED) is 0.576. The molecule has 108 valence electrons. The SMILES string of the molecule is COCCN(CCOC)C(=O)NC(=O)/C=C/C(=O)O. The van der Waals surface area contributed by atoms with Crippen LogP contribution in [0.25, 0.3) is 0 Å². The Labute approximate surface area is 111 Å². The van der Waals surface area contributed by atoms with Crippen LogP contribution in [0, 0.1) is 0 Å². The Bertz CT molecular complexity index is 334. The van der Waals surface area contributed by atoms with Crippen molar-refractivity contribution in [2.75, 3.05) is 40.5 Å². The number of carboxylic acids is 1. The number of nitrogens with one attached hydrogen (secondary N) is 1. The first kappa shape index (κ1) is 17.1. The van der Waals surface area contributed by atoms with Gasteiger partial charge in [0.15, 0.2) is 0 Å². The lowest BCUT2D eigenvalue weighted by molar-refractivity contribution is -0.131. The minimum Gasteiger partial charge on any atom is -0.478 e. The maximum Gasteiger partial charge on any atom is 0.328 e. The zero-order valence-corrected chi connectivity index (χ0v) is 10.9. The number of methoxy groups -OCH3 is 2. The molecule has 8 heteroatoms. The molecule has 0 aliphatic carbocycles. The molecule has 0 bridgehead atoms. The lowest BCUT2D eigenvalue weighted by Gasteiger charge is -2.21. The van der Waals surface area contributed by atoms with Crippen molar-refractivity contribution in [3.63, 3.8) is 0 Å². The highest BCUT2D eigenvalue weighted by atomic mass is 16.5. The molecule has 0 saturated heterocycles. The third kappa shape index (κ3) is 8.75. The molecule has 8 nitrogen and oxygen atoms in total. The van der Waals surface area contributed by atoms with Gasteiger partial charge >= 0.3 is 12.0 Å². The Kier molecular flexibility index (Phi) is 9.02. The van der Waals surface area contributed by atoms with Crippen LogP contribution in [0.3, 0.4) is 0 Å². The minimum atomic E-state index is -1.27. The summed E-state index contributed by atoms with van der Waals surface area (Å²) in [6.45, 7) is 1.22. The van der Waals surface area contributed by atoms with Crippen LogP contribution >= 0.6 is 0 Å². The fourth-order valence-electron chi connectivity index (χ4n) is 1.09. The largest absolute Gasteiger partial charge is 0.478 e. The van der Waals surface area contributed by atoms with Gasteiger partial charge in [-0.25, -0.2) is 9.59 Å².